The first-order chi connectivity index (χ1) is 12.7. The average Bonchev–Trinajstić information content (AvgIpc) is 2.68. The van der Waals surface area contributed by atoms with Gasteiger partial charge >= 0.3 is 5.97 Å². The number of carbonyl (C=O) groups is 1. The highest BCUT2D eigenvalue weighted by Crippen LogP contribution is 2.16. The molecule has 0 bridgehead atoms. The zero-order valence-corrected chi connectivity index (χ0v) is 14.0. The minimum absolute atomic E-state index is 0.264. The number of hydrogen-bond donors (Lipinski definition) is 1. The normalized spacial score (nSPS) is 11.2. The van der Waals surface area contributed by atoms with Crippen molar-refractivity contribution >= 4 is 23.8 Å². The summed E-state index contributed by atoms with van der Waals surface area (Å²) >= 11 is 0. The minimum atomic E-state index is -0.935. The zero-order chi connectivity index (χ0) is 18.2. The van der Waals surface area contributed by atoms with Crippen LogP contribution >= 0.6 is 0 Å². The lowest BCUT2D eigenvalue weighted by Gasteiger charge is -1.98. The van der Waals surface area contributed by atoms with Crippen LogP contribution in [0.2, 0.25) is 0 Å². The molecule has 0 fully saturated rings. The highest BCUT2D eigenvalue weighted by atomic mass is 16.4. The predicted octanol–water partition coefficient (Wildman–Crippen LogP) is 5.23. The number of rotatable bonds is 6. The van der Waals surface area contributed by atoms with E-state index in [1.165, 1.54) is 0 Å². The van der Waals surface area contributed by atoms with Gasteiger partial charge in [-0.2, -0.15) is 10.2 Å². The lowest BCUT2D eigenvalue weighted by Crippen LogP contribution is -1.95. The first-order valence-electron chi connectivity index (χ1n) is 8.10. The van der Waals surface area contributed by atoms with Gasteiger partial charge in [-0.3, -0.25) is 4.98 Å². The molecule has 0 aliphatic rings. The number of hydrogen-bond acceptors (Lipinski definition) is 4. The number of benzene rings is 2. The minimum Gasteiger partial charge on any atom is -0.478 e. The quantitative estimate of drug-likeness (QED) is 0.622. The predicted molar refractivity (Wildman–Crippen MR) is 101 cm³/mol. The molecule has 5 heteroatoms. The molecule has 0 saturated carbocycles. The van der Waals surface area contributed by atoms with Gasteiger partial charge < -0.3 is 5.11 Å². The number of aromatic nitrogens is 1. The Morgan fingerprint density at radius 1 is 0.962 bits per heavy atom. The van der Waals surface area contributed by atoms with E-state index in [-0.39, 0.29) is 5.56 Å². The topological polar surface area (TPSA) is 74.9 Å². The van der Waals surface area contributed by atoms with Crippen molar-refractivity contribution in [1.29, 1.82) is 0 Å². The van der Waals surface area contributed by atoms with E-state index in [9.17, 15) is 4.79 Å². The summed E-state index contributed by atoms with van der Waals surface area (Å²) < 4.78 is 0. The lowest BCUT2D eigenvalue weighted by molar-refractivity contribution is 0.0697. The van der Waals surface area contributed by atoms with Crippen molar-refractivity contribution in [2.24, 2.45) is 10.2 Å². The van der Waals surface area contributed by atoms with Gasteiger partial charge in [0.05, 0.1) is 23.5 Å². The Hall–Kier alpha value is -3.60. The van der Waals surface area contributed by atoms with E-state index in [1.807, 2.05) is 54.6 Å². The number of carboxylic acid groups (broad SMARTS) is 1. The second-order valence-corrected chi connectivity index (χ2v) is 5.58. The molecule has 2 aromatic carbocycles. The molecule has 0 unspecified atom stereocenters. The molecule has 5 nitrogen and oxygen atoms in total. The summed E-state index contributed by atoms with van der Waals surface area (Å²) in [6.07, 6.45) is 5.71. The van der Waals surface area contributed by atoms with E-state index in [1.54, 1.807) is 30.5 Å². The van der Waals surface area contributed by atoms with Crippen LogP contribution in [-0.4, -0.2) is 16.1 Å². The fourth-order valence-corrected chi connectivity index (χ4v) is 2.26. The maximum Gasteiger partial charge on any atom is 0.335 e. The number of pyridine rings is 1. The molecule has 1 aromatic heterocycles. The Balaban J connectivity index is 1.57. The van der Waals surface area contributed by atoms with E-state index in [0.717, 1.165) is 22.5 Å². The molecule has 1 heterocycles. The number of carboxylic acids is 1. The monoisotopic (exact) mass is 343 g/mol. The van der Waals surface area contributed by atoms with Gasteiger partial charge in [0, 0.05) is 6.20 Å². The summed E-state index contributed by atoms with van der Waals surface area (Å²) in [5, 5.41) is 17.2. The second-order valence-electron chi connectivity index (χ2n) is 5.58. The van der Waals surface area contributed by atoms with Crippen molar-refractivity contribution in [3.05, 3.63) is 95.3 Å². The third-order valence-electron chi connectivity index (χ3n) is 3.67. The highest BCUT2D eigenvalue weighted by Gasteiger charge is 2.01. The van der Waals surface area contributed by atoms with Crippen LogP contribution in [0.15, 0.2) is 83.2 Å². The summed E-state index contributed by atoms with van der Waals surface area (Å²) in [6, 6.07) is 20.1. The van der Waals surface area contributed by atoms with E-state index in [4.69, 9.17) is 5.11 Å². The van der Waals surface area contributed by atoms with Crippen LogP contribution in [0.4, 0.5) is 5.69 Å². The summed E-state index contributed by atoms with van der Waals surface area (Å²) in [5.74, 6) is -0.935. The molecule has 0 aliphatic carbocycles. The molecule has 0 aliphatic heterocycles. The number of nitrogens with zero attached hydrogens (tertiary/aromatic N) is 3. The van der Waals surface area contributed by atoms with E-state index >= 15 is 0 Å². The molecule has 0 atom stereocenters. The van der Waals surface area contributed by atoms with Crippen LogP contribution in [0, 0.1) is 0 Å². The summed E-state index contributed by atoms with van der Waals surface area (Å²) in [4.78, 5) is 15.1. The molecule has 0 radical (unpaired) electrons. The van der Waals surface area contributed by atoms with Gasteiger partial charge in [-0.15, -0.1) is 0 Å². The lowest BCUT2D eigenvalue weighted by atomic mass is 10.1. The van der Waals surface area contributed by atoms with Gasteiger partial charge in [0.15, 0.2) is 0 Å². The summed E-state index contributed by atoms with van der Waals surface area (Å²) in [5.41, 5.74) is 3.90. The molecule has 128 valence electrons. The maximum absolute atomic E-state index is 10.8. The Bertz CT molecular complexity index is 916. The largest absolute Gasteiger partial charge is 0.478 e. The average molecular weight is 343 g/mol. The molecule has 1 N–H and O–H groups in total. The van der Waals surface area contributed by atoms with Gasteiger partial charge in [-0.05, 0) is 53.6 Å². The molecule has 0 spiro atoms. The fourth-order valence-electron chi connectivity index (χ4n) is 2.26. The van der Waals surface area contributed by atoms with Crippen LogP contribution in [-0.2, 0) is 6.54 Å². The molecular formula is C21H17N3O2. The number of azo groups is 1. The summed E-state index contributed by atoms with van der Waals surface area (Å²) in [6.45, 7) is 0.404. The standard InChI is InChI=1S/C21H17N3O2/c25-21(26)18-9-4-17(5-10-18)15-23-24-20-12-7-16(8-13-20)6-11-19-3-1-2-14-22-19/h1-14H,15H2,(H,25,26)/b11-6+,24-23?. The first kappa shape index (κ1) is 17.2. The van der Waals surface area contributed by atoms with Crippen molar-refractivity contribution in [3.8, 4) is 0 Å². The van der Waals surface area contributed by atoms with Crippen molar-refractivity contribution in [1.82, 2.24) is 4.98 Å². The molecule has 3 aromatic rings. The van der Waals surface area contributed by atoms with Crippen molar-refractivity contribution < 1.29 is 9.90 Å². The van der Waals surface area contributed by atoms with Crippen LogP contribution < -0.4 is 0 Å². The second kappa shape index (κ2) is 8.48. The van der Waals surface area contributed by atoms with Gasteiger partial charge in [-0.1, -0.05) is 36.4 Å². The van der Waals surface area contributed by atoms with Crippen LogP contribution in [0.25, 0.3) is 12.2 Å². The van der Waals surface area contributed by atoms with E-state index in [0.29, 0.717) is 6.54 Å². The third kappa shape index (κ3) is 4.95. The Labute approximate surface area is 151 Å². The van der Waals surface area contributed by atoms with Crippen LogP contribution in [0.3, 0.4) is 0 Å². The van der Waals surface area contributed by atoms with Gasteiger partial charge in [0.1, 0.15) is 0 Å². The molecular weight excluding hydrogens is 326 g/mol. The molecule has 0 amide bonds. The molecule has 26 heavy (non-hydrogen) atoms. The van der Waals surface area contributed by atoms with E-state index < -0.39 is 5.97 Å². The van der Waals surface area contributed by atoms with Crippen molar-refractivity contribution in [2.75, 3.05) is 0 Å². The first-order valence-corrected chi connectivity index (χ1v) is 8.10. The van der Waals surface area contributed by atoms with Crippen molar-refractivity contribution in [2.45, 2.75) is 6.54 Å². The Morgan fingerprint density at radius 3 is 2.38 bits per heavy atom. The zero-order valence-electron chi connectivity index (χ0n) is 14.0. The fraction of sp³-hybridized carbons (Fsp3) is 0.0476. The summed E-state index contributed by atoms with van der Waals surface area (Å²) in [7, 11) is 0. The smallest absolute Gasteiger partial charge is 0.335 e. The Morgan fingerprint density at radius 2 is 1.73 bits per heavy atom. The SMILES string of the molecule is O=C(O)c1ccc(CN=Nc2ccc(/C=C/c3ccccn3)cc2)cc1. The third-order valence-corrected chi connectivity index (χ3v) is 3.67. The van der Waals surface area contributed by atoms with E-state index in [2.05, 4.69) is 15.2 Å². The van der Waals surface area contributed by atoms with Crippen molar-refractivity contribution in [3.63, 3.8) is 0 Å². The molecule has 3 rings (SSSR count). The molecule has 0 saturated heterocycles. The number of aromatic carboxylic acids is 1. The van der Waals surface area contributed by atoms with Crippen LogP contribution in [0.5, 0.6) is 0 Å². The van der Waals surface area contributed by atoms with Crippen LogP contribution in [0.1, 0.15) is 27.2 Å². The Kier molecular flexibility index (Phi) is 5.62. The van der Waals surface area contributed by atoms with Gasteiger partial charge in [0.2, 0.25) is 0 Å². The van der Waals surface area contributed by atoms with Gasteiger partial charge in [-0.25, -0.2) is 4.79 Å². The maximum atomic E-state index is 10.8. The van der Waals surface area contributed by atoms with Gasteiger partial charge in [0.25, 0.3) is 0 Å². The highest BCUT2D eigenvalue weighted by molar-refractivity contribution is 5.87.